The number of pyridine rings is 1. The summed E-state index contributed by atoms with van der Waals surface area (Å²) in [7, 11) is 0. The summed E-state index contributed by atoms with van der Waals surface area (Å²) in [6.45, 7) is 0. The molecule has 0 aliphatic heterocycles. The summed E-state index contributed by atoms with van der Waals surface area (Å²) in [6, 6.07) is 3.89. The van der Waals surface area contributed by atoms with Gasteiger partial charge in [0.2, 0.25) is 0 Å². The van der Waals surface area contributed by atoms with Crippen LogP contribution in [0.3, 0.4) is 0 Å². The standard InChI is InChI=1S/C11H14N2S/c12-11-6-5-10(7-13-11)14-8-9-3-1-2-4-9/h1-2,5-7,9H,3-4,8H2,(H2,12,13). The topological polar surface area (TPSA) is 38.9 Å². The van der Waals surface area contributed by atoms with E-state index in [4.69, 9.17) is 5.73 Å². The largest absolute Gasteiger partial charge is 0.384 e. The van der Waals surface area contributed by atoms with E-state index in [1.165, 1.54) is 23.5 Å². The average Bonchev–Trinajstić information content (AvgIpc) is 2.70. The lowest BCUT2D eigenvalue weighted by atomic mass is 10.1. The van der Waals surface area contributed by atoms with Crippen molar-refractivity contribution in [3.63, 3.8) is 0 Å². The van der Waals surface area contributed by atoms with Crippen molar-refractivity contribution >= 4 is 17.6 Å². The summed E-state index contributed by atoms with van der Waals surface area (Å²) in [5.74, 6) is 2.59. The number of hydrogen-bond acceptors (Lipinski definition) is 3. The maximum absolute atomic E-state index is 5.51. The molecule has 14 heavy (non-hydrogen) atoms. The van der Waals surface area contributed by atoms with Crippen LogP contribution >= 0.6 is 11.8 Å². The molecule has 0 saturated carbocycles. The van der Waals surface area contributed by atoms with Gasteiger partial charge in [-0.15, -0.1) is 11.8 Å². The Labute approximate surface area is 88.6 Å². The molecule has 0 unspecified atom stereocenters. The molecule has 1 aliphatic carbocycles. The lowest BCUT2D eigenvalue weighted by Crippen LogP contribution is -1.97. The van der Waals surface area contributed by atoms with Crippen LogP contribution in [-0.4, -0.2) is 10.7 Å². The van der Waals surface area contributed by atoms with E-state index in [1.54, 1.807) is 0 Å². The van der Waals surface area contributed by atoms with E-state index in [0.717, 1.165) is 5.92 Å². The Morgan fingerprint density at radius 2 is 2.14 bits per heavy atom. The third kappa shape index (κ3) is 2.51. The number of allylic oxidation sites excluding steroid dienone is 2. The minimum atomic E-state index is 0.594. The van der Waals surface area contributed by atoms with Crippen molar-refractivity contribution in [3.05, 3.63) is 30.5 Å². The predicted molar refractivity (Wildman–Crippen MR) is 61.2 cm³/mol. The van der Waals surface area contributed by atoms with Crippen LogP contribution in [0.25, 0.3) is 0 Å². The van der Waals surface area contributed by atoms with E-state index in [9.17, 15) is 0 Å². The van der Waals surface area contributed by atoms with Crippen LogP contribution in [0.5, 0.6) is 0 Å². The Hall–Kier alpha value is -0.960. The van der Waals surface area contributed by atoms with Gasteiger partial charge in [-0.05, 0) is 30.9 Å². The van der Waals surface area contributed by atoms with Crippen molar-refractivity contribution < 1.29 is 0 Å². The predicted octanol–water partition coefficient (Wildman–Crippen LogP) is 2.72. The Bertz CT molecular complexity index is 311. The fraction of sp³-hybridized carbons (Fsp3) is 0.364. The first-order valence-corrected chi connectivity index (χ1v) is 5.82. The van der Waals surface area contributed by atoms with Crippen molar-refractivity contribution in [2.24, 2.45) is 5.92 Å². The molecular weight excluding hydrogens is 192 g/mol. The fourth-order valence-corrected chi connectivity index (χ4v) is 2.49. The SMILES string of the molecule is Nc1ccc(SCC2CC=CC2)cn1. The second-order valence-electron chi connectivity index (χ2n) is 3.54. The zero-order valence-electron chi connectivity index (χ0n) is 8.02. The summed E-state index contributed by atoms with van der Waals surface area (Å²) in [6.07, 6.45) is 8.85. The first kappa shape index (κ1) is 9.59. The van der Waals surface area contributed by atoms with Gasteiger partial charge >= 0.3 is 0 Å². The molecule has 1 aromatic heterocycles. The van der Waals surface area contributed by atoms with Gasteiger partial charge < -0.3 is 5.73 Å². The van der Waals surface area contributed by atoms with Crippen molar-refractivity contribution in [2.75, 3.05) is 11.5 Å². The summed E-state index contributed by atoms with van der Waals surface area (Å²) >= 11 is 1.87. The molecule has 0 radical (unpaired) electrons. The third-order valence-corrected chi connectivity index (χ3v) is 3.56. The van der Waals surface area contributed by atoms with Gasteiger partial charge in [0, 0.05) is 16.8 Å². The van der Waals surface area contributed by atoms with E-state index in [1.807, 2.05) is 30.1 Å². The molecule has 2 nitrogen and oxygen atoms in total. The molecule has 0 spiro atoms. The number of nitrogens with two attached hydrogens (primary N) is 1. The highest BCUT2D eigenvalue weighted by atomic mass is 32.2. The average molecular weight is 206 g/mol. The van der Waals surface area contributed by atoms with Crippen LogP contribution in [0, 0.1) is 5.92 Å². The highest BCUT2D eigenvalue weighted by Gasteiger charge is 2.10. The van der Waals surface area contributed by atoms with E-state index in [2.05, 4.69) is 17.1 Å². The highest BCUT2D eigenvalue weighted by molar-refractivity contribution is 7.99. The van der Waals surface area contributed by atoms with Gasteiger partial charge in [-0.25, -0.2) is 4.98 Å². The van der Waals surface area contributed by atoms with Crippen LogP contribution < -0.4 is 5.73 Å². The number of anilines is 1. The van der Waals surface area contributed by atoms with Crippen molar-refractivity contribution in [1.29, 1.82) is 0 Å². The molecule has 0 amide bonds. The molecule has 0 bridgehead atoms. The second-order valence-corrected chi connectivity index (χ2v) is 4.63. The maximum Gasteiger partial charge on any atom is 0.123 e. The van der Waals surface area contributed by atoms with Crippen LogP contribution in [0.1, 0.15) is 12.8 Å². The van der Waals surface area contributed by atoms with Gasteiger partial charge in [0.15, 0.2) is 0 Å². The van der Waals surface area contributed by atoms with Gasteiger partial charge in [0.1, 0.15) is 5.82 Å². The first-order valence-electron chi connectivity index (χ1n) is 4.84. The molecule has 3 heteroatoms. The number of nitrogens with zero attached hydrogens (tertiary/aromatic N) is 1. The van der Waals surface area contributed by atoms with Gasteiger partial charge in [-0.1, -0.05) is 12.2 Å². The van der Waals surface area contributed by atoms with Gasteiger partial charge in [0.05, 0.1) is 0 Å². The van der Waals surface area contributed by atoms with Gasteiger partial charge in [0.25, 0.3) is 0 Å². The molecule has 1 aliphatic rings. The molecule has 1 heterocycles. The molecular formula is C11H14N2S. The summed E-state index contributed by atoms with van der Waals surface area (Å²) in [5.41, 5.74) is 5.51. The van der Waals surface area contributed by atoms with E-state index in [-0.39, 0.29) is 0 Å². The number of aromatic nitrogens is 1. The molecule has 0 fully saturated rings. The third-order valence-electron chi connectivity index (χ3n) is 2.35. The second kappa shape index (κ2) is 4.51. The van der Waals surface area contributed by atoms with E-state index >= 15 is 0 Å². The number of nitrogen functional groups attached to an aromatic ring is 1. The molecule has 1 aromatic rings. The van der Waals surface area contributed by atoms with Crippen molar-refractivity contribution in [1.82, 2.24) is 4.98 Å². The Morgan fingerprint density at radius 1 is 1.36 bits per heavy atom. The summed E-state index contributed by atoms with van der Waals surface area (Å²) in [5, 5.41) is 0. The molecule has 0 aromatic carbocycles. The monoisotopic (exact) mass is 206 g/mol. The molecule has 0 saturated heterocycles. The fourth-order valence-electron chi connectivity index (χ4n) is 1.50. The summed E-state index contributed by atoms with van der Waals surface area (Å²) in [4.78, 5) is 5.28. The Morgan fingerprint density at radius 3 is 2.79 bits per heavy atom. The number of hydrogen-bond donors (Lipinski definition) is 1. The Kier molecular flexibility index (Phi) is 3.09. The lowest BCUT2D eigenvalue weighted by molar-refractivity contribution is 0.649. The van der Waals surface area contributed by atoms with Crippen LogP contribution in [0.4, 0.5) is 5.82 Å². The molecule has 0 atom stereocenters. The first-order chi connectivity index (χ1) is 6.84. The smallest absolute Gasteiger partial charge is 0.123 e. The van der Waals surface area contributed by atoms with Crippen molar-refractivity contribution in [2.45, 2.75) is 17.7 Å². The zero-order chi connectivity index (χ0) is 9.80. The quantitative estimate of drug-likeness (QED) is 0.610. The molecule has 2 rings (SSSR count). The molecule has 74 valence electrons. The van der Waals surface area contributed by atoms with Gasteiger partial charge in [-0.3, -0.25) is 0 Å². The zero-order valence-corrected chi connectivity index (χ0v) is 8.83. The minimum Gasteiger partial charge on any atom is -0.384 e. The van der Waals surface area contributed by atoms with Crippen LogP contribution in [-0.2, 0) is 0 Å². The van der Waals surface area contributed by atoms with E-state index < -0.39 is 0 Å². The van der Waals surface area contributed by atoms with Gasteiger partial charge in [-0.2, -0.15) is 0 Å². The van der Waals surface area contributed by atoms with Crippen LogP contribution in [0.15, 0.2) is 35.4 Å². The van der Waals surface area contributed by atoms with Crippen LogP contribution in [0.2, 0.25) is 0 Å². The Balaban J connectivity index is 1.82. The number of rotatable bonds is 3. The highest BCUT2D eigenvalue weighted by Crippen LogP contribution is 2.26. The normalized spacial score (nSPS) is 16.3. The molecule has 2 N–H and O–H groups in total. The lowest BCUT2D eigenvalue weighted by Gasteiger charge is -2.07. The maximum atomic E-state index is 5.51. The summed E-state index contributed by atoms with van der Waals surface area (Å²) < 4.78 is 0. The number of thioether (sulfide) groups is 1. The van der Waals surface area contributed by atoms with Crippen molar-refractivity contribution in [3.8, 4) is 0 Å². The van der Waals surface area contributed by atoms with E-state index in [0.29, 0.717) is 5.82 Å². The minimum absolute atomic E-state index is 0.594.